The third-order valence-electron chi connectivity index (χ3n) is 2.86. The quantitative estimate of drug-likeness (QED) is 0.766. The zero-order valence-electron chi connectivity index (χ0n) is 12.1. The third kappa shape index (κ3) is 5.61. The number of hydrogen-bond acceptors (Lipinski definition) is 3. The van der Waals surface area contributed by atoms with Crippen LogP contribution in [0.3, 0.4) is 0 Å². The number of nitrogens with one attached hydrogen (secondary N) is 2. The van der Waals surface area contributed by atoms with E-state index in [0.717, 1.165) is 17.9 Å². The van der Waals surface area contributed by atoms with Gasteiger partial charge in [0.05, 0.1) is 0 Å². The average molecular weight is 265 g/mol. The fraction of sp³-hybridized carbons (Fsp3) is 0.500. The monoisotopic (exact) mass is 265 g/mol. The minimum absolute atomic E-state index is 0.165. The van der Waals surface area contributed by atoms with E-state index in [4.69, 9.17) is 4.74 Å². The summed E-state index contributed by atoms with van der Waals surface area (Å²) in [5.41, 5.74) is 2.27. The summed E-state index contributed by atoms with van der Waals surface area (Å²) in [6.45, 7) is 5.62. The molecule has 1 rings (SSSR count). The molecule has 0 saturated heterocycles. The number of amides is 2. The highest BCUT2D eigenvalue weighted by Gasteiger charge is 2.03. The second kappa shape index (κ2) is 7.63. The SMILES string of the molecule is Cc1cccc(OCNC(=O)NCCN(C)C)c1C. The fourth-order valence-corrected chi connectivity index (χ4v) is 1.52. The molecule has 2 N–H and O–H groups in total. The van der Waals surface area contributed by atoms with Gasteiger partial charge in [-0.25, -0.2) is 4.79 Å². The molecule has 0 unspecified atom stereocenters. The standard InChI is InChI=1S/C14H23N3O2/c1-11-6-5-7-13(12(11)2)19-10-16-14(18)15-8-9-17(3)4/h5-7H,8-10H2,1-4H3,(H2,15,16,18). The Morgan fingerprint density at radius 2 is 2.00 bits per heavy atom. The zero-order chi connectivity index (χ0) is 14.3. The van der Waals surface area contributed by atoms with Crippen molar-refractivity contribution in [2.75, 3.05) is 33.9 Å². The summed E-state index contributed by atoms with van der Waals surface area (Å²) in [5, 5.41) is 5.42. The first-order valence-electron chi connectivity index (χ1n) is 6.36. The molecule has 0 aliphatic carbocycles. The van der Waals surface area contributed by atoms with Gasteiger partial charge in [-0.15, -0.1) is 0 Å². The molecular formula is C14H23N3O2. The minimum atomic E-state index is -0.216. The Morgan fingerprint density at radius 1 is 1.26 bits per heavy atom. The normalized spacial score (nSPS) is 10.4. The molecular weight excluding hydrogens is 242 g/mol. The van der Waals surface area contributed by atoms with E-state index in [-0.39, 0.29) is 12.8 Å². The Labute approximate surface area is 114 Å². The predicted octanol–water partition coefficient (Wildman–Crippen LogP) is 1.50. The van der Waals surface area contributed by atoms with Crippen LogP contribution in [-0.2, 0) is 0 Å². The van der Waals surface area contributed by atoms with Crippen LogP contribution < -0.4 is 15.4 Å². The van der Waals surface area contributed by atoms with Crippen LogP contribution in [0, 0.1) is 13.8 Å². The number of carbonyl (C=O) groups is 1. The molecule has 0 aliphatic heterocycles. The Bertz CT molecular complexity index is 419. The summed E-state index contributed by atoms with van der Waals surface area (Å²) < 4.78 is 5.53. The number of carbonyl (C=O) groups excluding carboxylic acids is 1. The number of hydrogen-bond donors (Lipinski definition) is 2. The van der Waals surface area contributed by atoms with Gasteiger partial charge in [-0.2, -0.15) is 0 Å². The highest BCUT2D eigenvalue weighted by Crippen LogP contribution is 2.19. The molecule has 0 aromatic heterocycles. The molecule has 0 heterocycles. The van der Waals surface area contributed by atoms with E-state index in [9.17, 15) is 4.79 Å². The van der Waals surface area contributed by atoms with Crippen LogP contribution in [0.15, 0.2) is 18.2 Å². The van der Waals surface area contributed by atoms with Gasteiger partial charge < -0.3 is 20.3 Å². The largest absolute Gasteiger partial charge is 0.473 e. The molecule has 19 heavy (non-hydrogen) atoms. The van der Waals surface area contributed by atoms with Crippen LogP contribution in [0.2, 0.25) is 0 Å². The van der Waals surface area contributed by atoms with Gasteiger partial charge in [0.15, 0.2) is 6.73 Å². The predicted molar refractivity (Wildman–Crippen MR) is 76.5 cm³/mol. The third-order valence-corrected chi connectivity index (χ3v) is 2.86. The highest BCUT2D eigenvalue weighted by atomic mass is 16.5. The average Bonchev–Trinajstić information content (AvgIpc) is 2.34. The summed E-state index contributed by atoms with van der Waals surface area (Å²) in [6.07, 6.45) is 0. The fourth-order valence-electron chi connectivity index (χ4n) is 1.52. The summed E-state index contributed by atoms with van der Waals surface area (Å²) in [6, 6.07) is 5.65. The molecule has 0 saturated carbocycles. The maximum Gasteiger partial charge on any atom is 0.317 e. The summed E-state index contributed by atoms with van der Waals surface area (Å²) in [5.74, 6) is 0.800. The van der Waals surface area contributed by atoms with Crippen molar-refractivity contribution in [3.63, 3.8) is 0 Å². The lowest BCUT2D eigenvalue weighted by molar-refractivity contribution is 0.222. The van der Waals surface area contributed by atoms with Gasteiger partial charge in [-0.3, -0.25) is 0 Å². The second-order valence-corrected chi connectivity index (χ2v) is 4.72. The molecule has 2 amide bonds. The lowest BCUT2D eigenvalue weighted by atomic mass is 10.1. The first kappa shape index (κ1) is 15.3. The maximum atomic E-state index is 11.4. The lowest BCUT2D eigenvalue weighted by Crippen LogP contribution is -2.40. The molecule has 0 radical (unpaired) electrons. The molecule has 5 heteroatoms. The van der Waals surface area contributed by atoms with Crippen molar-refractivity contribution < 1.29 is 9.53 Å². The maximum absolute atomic E-state index is 11.4. The Balaban J connectivity index is 2.26. The van der Waals surface area contributed by atoms with E-state index in [1.165, 1.54) is 5.56 Å². The summed E-state index contributed by atoms with van der Waals surface area (Å²) in [7, 11) is 3.92. The van der Waals surface area contributed by atoms with Gasteiger partial charge in [0.1, 0.15) is 5.75 Å². The van der Waals surface area contributed by atoms with E-state index < -0.39 is 0 Å². The van der Waals surface area contributed by atoms with E-state index in [2.05, 4.69) is 10.6 Å². The number of likely N-dealkylation sites (N-methyl/N-ethyl adjacent to an activating group) is 1. The van der Waals surface area contributed by atoms with E-state index >= 15 is 0 Å². The highest BCUT2D eigenvalue weighted by molar-refractivity contribution is 5.73. The molecule has 0 atom stereocenters. The minimum Gasteiger partial charge on any atom is -0.473 e. The molecule has 1 aromatic carbocycles. The molecule has 0 fully saturated rings. The van der Waals surface area contributed by atoms with Gasteiger partial charge in [0.25, 0.3) is 0 Å². The molecule has 106 valence electrons. The molecule has 0 aliphatic rings. The topological polar surface area (TPSA) is 53.6 Å². The molecule has 1 aromatic rings. The van der Waals surface area contributed by atoms with Crippen LogP contribution in [0.25, 0.3) is 0 Å². The zero-order valence-corrected chi connectivity index (χ0v) is 12.1. The molecule has 0 spiro atoms. The van der Waals surface area contributed by atoms with Crippen LogP contribution >= 0.6 is 0 Å². The van der Waals surface area contributed by atoms with Gasteiger partial charge in [-0.1, -0.05) is 12.1 Å². The Morgan fingerprint density at radius 3 is 2.68 bits per heavy atom. The van der Waals surface area contributed by atoms with Crippen molar-refractivity contribution in [2.24, 2.45) is 0 Å². The molecule has 0 bridgehead atoms. The summed E-state index contributed by atoms with van der Waals surface area (Å²) in [4.78, 5) is 13.5. The van der Waals surface area contributed by atoms with E-state index in [1.807, 2.05) is 51.0 Å². The van der Waals surface area contributed by atoms with Gasteiger partial charge in [-0.05, 0) is 45.1 Å². The van der Waals surface area contributed by atoms with E-state index in [1.54, 1.807) is 0 Å². The van der Waals surface area contributed by atoms with Gasteiger partial charge >= 0.3 is 6.03 Å². The smallest absolute Gasteiger partial charge is 0.317 e. The van der Waals surface area contributed by atoms with Gasteiger partial charge in [0.2, 0.25) is 0 Å². The number of nitrogens with zero attached hydrogens (tertiary/aromatic N) is 1. The number of aryl methyl sites for hydroxylation is 1. The van der Waals surface area contributed by atoms with Crippen molar-refractivity contribution in [3.05, 3.63) is 29.3 Å². The Kier molecular flexibility index (Phi) is 6.15. The van der Waals surface area contributed by atoms with E-state index in [0.29, 0.717) is 6.54 Å². The number of benzene rings is 1. The number of rotatable bonds is 6. The molecule has 5 nitrogen and oxygen atoms in total. The number of urea groups is 1. The van der Waals surface area contributed by atoms with Crippen LogP contribution in [0.4, 0.5) is 4.79 Å². The van der Waals surface area contributed by atoms with Crippen molar-refractivity contribution in [3.8, 4) is 5.75 Å². The van der Waals surface area contributed by atoms with Crippen LogP contribution in [0.1, 0.15) is 11.1 Å². The lowest BCUT2D eigenvalue weighted by Gasteiger charge is -2.13. The summed E-state index contributed by atoms with van der Waals surface area (Å²) >= 11 is 0. The van der Waals surface area contributed by atoms with Crippen molar-refractivity contribution in [1.82, 2.24) is 15.5 Å². The first-order valence-corrected chi connectivity index (χ1v) is 6.36. The Hall–Kier alpha value is -1.75. The van der Waals surface area contributed by atoms with Crippen molar-refractivity contribution >= 4 is 6.03 Å². The first-order chi connectivity index (χ1) is 9.00. The van der Waals surface area contributed by atoms with Crippen molar-refractivity contribution in [2.45, 2.75) is 13.8 Å². The van der Waals surface area contributed by atoms with Crippen LogP contribution in [0.5, 0.6) is 5.75 Å². The number of ether oxygens (including phenoxy) is 1. The van der Waals surface area contributed by atoms with Crippen LogP contribution in [-0.4, -0.2) is 44.8 Å². The van der Waals surface area contributed by atoms with Crippen molar-refractivity contribution in [1.29, 1.82) is 0 Å². The second-order valence-electron chi connectivity index (χ2n) is 4.72. The van der Waals surface area contributed by atoms with Gasteiger partial charge in [0, 0.05) is 13.1 Å².